The predicted octanol–water partition coefficient (Wildman–Crippen LogP) is 3.24. The third kappa shape index (κ3) is 3.77. The molecule has 0 aliphatic rings. The molecule has 0 fully saturated rings. The quantitative estimate of drug-likeness (QED) is 0.943. The van der Waals surface area contributed by atoms with Crippen molar-refractivity contribution < 1.29 is 27.1 Å². The Balaban J connectivity index is 1.95. The number of carbonyl (C=O) groups is 1. The monoisotopic (exact) mass is 299 g/mol. The van der Waals surface area contributed by atoms with Gasteiger partial charge in [0.2, 0.25) is 0 Å². The number of nitrogens with one attached hydrogen (secondary N) is 1. The van der Waals surface area contributed by atoms with E-state index >= 15 is 0 Å². The number of hydrogen-bond donors (Lipinski definition) is 1. The van der Waals surface area contributed by atoms with Gasteiger partial charge in [-0.15, -0.1) is 0 Å². The fraction of sp³-hybridized carbons (Fsp3) is 0.214. The molecule has 112 valence electrons. The van der Waals surface area contributed by atoms with Crippen molar-refractivity contribution in [2.75, 3.05) is 7.11 Å². The van der Waals surface area contributed by atoms with Crippen LogP contribution in [0.4, 0.5) is 13.2 Å². The molecule has 0 aliphatic carbocycles. The largest absolute Gasteiger partial charge is 0.468 e. The van der Waals surface area contributed by atoms with Crippen molar-refractivity contribution in [3.8, 4) is 5.95 Å². The van der Waals surface area contributed by atoms with Crippen LogP contribution in [0, 0.1) is 0 Å². The molecular formula is C14H12F3NO3. The minimum atomic E-state index is -4.37. The number of rotatable bonds is 4. The molecule has 0 unspecified atom stereocenters. The lowest BCUT2D eigenvalue weighted by atomic mass is 10.1. The zero-order chi connectivity index (χ0) is 15.5. The molecule has 21 heavy (non-hydrogen) atoms. The molecule has 0 bridgehead atoms. The topological polar surface area (TPSA) is 51.5 Å². The average molecular weight is 299 g/mol. The van der Waals surface area contributed by atoms with E-state index < -0.39 is 17.6 Å². The average Bonchev–Trinajstić information content (AvgIpc) is 2.93. The number of furan rings is 1. The Morgan fingerprint density at radius 3 is 2.38 bits per heavy atom. The van der Waals surface area contributed by atoms with Gasteiger partial charge in [-0.25, -0.2) is 0 Å². The summed E-state index contributed by atoms with van der Waals surface area (Å²) >= 11 is 0. The van der Waals surface area contributed by atoms with Crippen molar-refractivity contribution in [1.29, 1.82) is 0 Å². The van der Waals surface area contributed by atoms with Crippen LogP contribution < -0.4 is 10.1 Å². The van der Waals surface area contributed by atoms with Gasteiger partial charge in [-0.1, -0.05) is 12.1 Å². The molecule has 1 aromatic carbocycles. The van der Waals surface area contributed by atoms with E-state index in [0.717, 1.165) is 12.1 Å². The number of alkyl halides is 3. The van der Waals surface area contributed by atoms with Crippen LogP contribution in [0.1, 0.15) is 21.7 Å². The second-order valence-corrected chi connectivity index (χ2v) is 4.20. The highest BCUT2D eigenvalue weighted by Gasteiger charge is 2.29. The Bertz CT molecular complexity index is 617. The van der Waals surface area contributed by atoms with Gasteiger partial charge in [-0.3, -0.25) is 4.79 Å². The highest BCUT2D eigenvalue weighted by Crippen LogP contribution is 2.29. The maximum atomic E-state index is 12.4. The van der Waals surface area contributed by atoms with Crippen LogP contribution in [0.3, 0.4) is 0 Å². The summed E-state index contributed by atoms with van der Waals surface area (Å²) in [6.07, 6.45) is -4.37. The van der Waals surface area contributed by atoms with Gasteiger partial charge in [0.1, 0.15) is 0 Å². The summed E-state index contributed by atoms with van der Waals surface area (Å²) in [7, 11) is 1.41. The van der Waals surface area contributed by atoms with Crippen LogP contribution in [0.15, 0.2) is 40.8 Å². The second kappa shape index (κ2) is 5.90. The zero-order valence-electron chi connectivity index (χ0n) is 11.0. The molecule has 1 heterocycles. The molecule has 2 aromatic rings. The van der Waals surface area contributed by atoms with Gasteiger partial charge in [0.25, 0.3) is 11.9 Å². The van der Waals surface area contributed by atoms with Gasteiger partial charge in [0.15, 0.2) is 5.76 Å². The van der Waals surface area contributed by atoms with E-state index in [1.807, 2.05) is 0 Å². The summed E-state index contributed by atoms with van der Waals surface area (Å²) < 4.78 is 47.1. The molecule has 0 aliphatic heterocycles. The Morgan fingerprint density at radius 1 is 1.19 bits per heavy atom. The predicted molar refractivity (Wildman–Crippen MR) is 67.9 cm³/mol. The second-order valence-electron chi connectivity index (χ2n) is 4.20. The molecule has 0 saturated heterocycles. The molecule has 1 aromatic heterocycles. The number of halogens is 3. The molecule has 4 nitrogen and oxygen atoms in total. The van der Waals surface area contributed by atoms with Crippen molar-refractivity contribution in [3.05, 3.63) is 53.3 Å². The summed E-state index contributed by atoms with van der Waals surface area (Å²) in [6.45, 7) is 0.0972. The van der Waals surface area contributed by atoms with Crippen LogP contribution in [-0.4, -0.2) is 13.0 Å². The Hall–Kier alpha value is -2.44. The van der Waals surface area contributed by atoms with Crippen molar-refractivity contribution in [1.82, 2.24) is 5.32 Å². The van der Waals surface area contributed by atoms with Crippen molar-refractivity contribution in [2.45, 2.75) is 12.7 Å². The molecule has 0 saturated carbocycles. The van der Waals surface area contributed by atoms with Gasteiger partial charge in [0, 0.05) is 12.6 Å². The van der Waals surface area contributed by atoms with Gasteiger partial charge in [-0.05, 0) is 23.8 Å². The minimum Gasteiger partial charge on any atom is -0.468 e. The number of ether oxygens (including phenoxy) is 1. The molecule has 0 atom stereocenters. The third-order valence-electron chi connectivity index (χ3n) is 2.74. The highest BCUT2D eigenvalue weighted by atomic mass is 19.4. The lowest BCUT2D eigenvalue weighted by molar-refractivity contribution is -0.137. The molecule has 0 radical (unpaired) electrons. The van der Waals surface area contributed by atoms with E-state index in [4.69, 9.17) is 9.15 Å². The van der Waals surface area contributed by atoms with E-state index in [-0.39, 0.29) is 18.3 Å². The number of methoxy groups -OCH3 is 1. The van der Waals surface area contributed by atoms with E-state index in [1.165, 1.54) is 31.4 Å². The maximum Gasteiger partial charge on any atom is 0.416 e. The van der Waals surface area contributed by atoms with Crippen LogP contribution in [0.5, 0.6) is 5.95 Å². The Labute approximate surface area is 118 Å². The zero-order valence-corrected chi connectivity index (χ0v) is 11.0. The van der Waals surface area contributed by atoms with Crippen molar-refractivity contribution in [2.24, 2.45) is 0 Å². The van der Waals surface area contributed by atoms with Crippen LogP contribution in [0.25, 0.3) is 0 Å². The maximum absolute atomic E-state index is 12.4. The molecule has 2 rings (SSSR count). The summed E-state index contributed by atoms with van der Waals surface area (Å²) in [4.78, 5) is 11.7. The molecule has 1 amide bonds. The van der Waals surface area contributed by atoms with E-state index in [0.29, 0.717) is 5.56 Å². The Kier molecular flexibility index (Phi) is 4.21. The third-order valence-corrected chi connectivity index (χ3v) is 2.74. The lowest BCUT2D eigenvalue weighted by Gasteiger charge is -2.08. The van der Waals surface area contributed by atoms with E-state index in [9.17, 15) is 18.0 Å². The summed E-state index contributed by atoms with van der Waals surface area (Å²) in [5, 5.41) is 2.54. The van der Waals surface area contributed by atoms with Crippen LogP contribution in [0.2, 0.25) is 0 Å². The smallest absolute Gasteiger partial charge is 0.416 e. The first-order valence-corrected chi connectivity index (χ1v) is 5.98. The first kappa shape index (κ1) is 15.0. The fourth-order valence-corrected chi connectivity index (χ4v) is 1.63. The highest BCUT2D eigenvalue weighted by molar-refractivity contribution is 5.91. The lowest BCUT2D eigenvalue weighted by Crippen LogP contribution is -2.22. The van der Waals surface area contributed by atoms with Crippen LogP contribution in [-0.2, 0) is 12.7 Å². The number of carbonyl (C=O) groups excluding carboxylic acids is 1. The van der Waals surface area contributed by atoms with Crippen molar-refractivity contribution in [3.63, 3.8) is 0 Å². The number of amides is 1. The number of benzene rings is 1. The van der Waals surface area contributed by atoms with Gasteiger partial charge in [-0.2, -0.15) is 13.2 Å². The van der Waals surface area contributed by atoms with Gasteiger partial charge < -0.3 is 14.5 Å². The SMILES string of the molecule is COc1ccc(C(=O)NCc2ccc(C(F)(F)F)cc2)o1. The normalized spacial score (nSPS) is 11.2. The van der Waals surface area contributed by atoms with Crippen LogP contribution >= 0.6 is 0 Å². The standard InChI is InChI=1S/C14H12F3NO3/c1-20-12-7-6-11(21-12)13(19)18-8-9-2-4-10(5-3-9)14(15,16)17/h2-7H,8H2,1H3,(H,18,19). The van der Waals surface area contributed by atoms with E-state index in [1.54, 1.807) is 0 Å². The Morgan fingerprint density at radius 2 is 1.86 bits per heavy atom. The van der Waals surface area contributed by atoms with Gasteiger partial charge >= 0.3 is 6.18 Å². The minimum absolute atomic E-state index is 0.0683. The summed E-state index contributed by atoms with van der Waals surface area (Å²) in [5.74, 6) is -0.202. The van der Waals surface area contributed by atoms with E-state index in [2.05, 4.69) is 5.32 Å². The first-order chi connectivity index (χ1) is 9.90. The molecular weight excluding hydrogens is 287 g/mol. The number of hydrogen-bond acceptors (Lipinski definition) is 3. The van der Waals surface area contributed by atoms with Crippen molar-refractivity contribution >= 4 is 5.91 Å². The first-order valence-electron chi connectivity index (χ1n) is 5.98. The molecule has 7 heteroatoms. The molecule has 1 N–H and O–H groups in total. The fourth-order valence-electron chi connectivity index (χ4n) is 1.63. The van der Waals surface area contributed by atoms with Gasteiger partial charge in [0.05, 0.1) is 12.7 Å². The summed E-state index contributed by atoms with van der Waals surface area (Å²) in [5.41, 5.74) is -0.178. The molecule has 0 spiro atoms. The summed E-state index contributed by atoms with van der Waals surface area (Å²) in [6, 6.07) is 7.50.